The molecule has 12 heteroatoms. The van der Waals surface area contributed by atoms with Crippen molar-refractivity contribution in [2.75, 3.05) is 0 Å². The molecule has 0 atom stereocenters. The van der Waals surface area contributed by atoms with Crippen molar-refractivity contribution in [1.29, 1.82) is 0 Å². The Bertz CT molecular complexity index is 1210. The highest BCUT2D eigenvalue weighted by molar-refractivity contribution is 6.34. The van der Waals surface area contributed by atoms with E-state index in [1.54, 1.807) is 30.3 Å². The van der Waals surface area contributed by atoms with Crippen LogP contribution in [0.1, 0.15) is 26.3 Å². The van der Waals surface area contributed by atoms with E-state index in [1.807, 2.05) is 0 Å². The van der Waals surface area contributed by atoms with Crippen molar-refractivity contribution >= 4 is 35.0 Å². The number of amides is 2. The summed E-state index contributed by atoms with van der Waals surface area (Å²) >= 11 is 12.0. The first-order chi connectivity index (χ1) is 16.5. The molecule has 0 saturated carbocycles. The predicted octanol–water partition coefficient (Wildman–Crippen LogP) is 5.88. The van der Waals surface area contributed by atoms with Crippen molar-refractivity contribution in [3.05, 3.63) is 93.5 Å². The molecule has 0 fully saturated rings. The second kappa shape index (κ2) is 11.3. The van der Waals surface area contributed by atoms with Gasteiger partial charge in [0.25, 0.3) is 11.8 Å². The average molecular weight is 531 g/mol. The van der Waals surface area contributed by atoms with Crippen LogP contribution in [0.5, 0.6) is 11.5 Å². The van der Waals surface area contributed by atoms with Gasteiger partial charge in [0.15, 0.2) is 0 Å². The molecule has 2 amide bonds. The Morgan fingerprint density at radius 3 is 2.20 bits per heavy atom. The van der Waals surface area contributed by atoms with Crippen LogP contribution in [0.4, 0.5) is 17.6 Å². The van der Waals surface area contributed by atoms with E-state index in [0.29, 0.717) is 15.8 Å². The first-order valence-corrected chi connectivity index (χ1v) is 10.5. The standard InChI is InChI=1S/C23H16Cl2F4N2O4/c24-16-8-9-18(25)19(11-16)34-12-13-4-6-14(7-5-13)20(32)30-31-21(33)15-2-1-3-17(10-15)35-23(28,29)22(26)27/h1-11,22H,12H2,(H,30,32)(H,31,33). The zero-order valence-electron chi connectivity index (χ0n) is 17.5. The van der Waals surface area contributed by atoms with Crippen LogP contribution in [-0.4, -0.2) is 24.3 Å². The molecule has 0 bridgehead atoms. The Morgan fingerprint density at radius 1 is 0.886 bits per heavy atom. The molecule has 0 radical (unpaired) electrons. The van der Waals surface area contributed by atoms with Crippen molar-refractivity contribution < 1.29 is 36.6 Å². The fourth-order valence-electron chi connectivity index (χ4n) is 2.66. The number of carbonyl (C=O) groups excluding carboxylic acids is 2. The van der Waals surface area contributed by atoms with Gasteiger partial charge in [-0.25, -0.2) is 0 Å². The van der Waals surface area contributed by atoms with Crippen LogP contribution in [0.3, 0.4) is 0 Å². The van der Waals surface area contributed by atoms with E-state index < -0.39 is 30.1 Å². The van der Waals surface area contributed by atoms with E-state index in [2.05, 4.69) is 15.6 Å². The number of ether oxygens (including phenoxy) is 2. The largest absolute Gasteiger partial charge is 0.487 e. The van der Waals surface area contributed by atoms with Crippen molar-refractivity contribution in [3.63, 3.8) is 0 Å². The molecular weight excluding hydrogens is 515 g/mol. The molecule has 0 spiro atoms. The zero-order valence-corrected chi connectivity index (χ0v) is 19.0. The smallest absolute Gasteiger partial charge is 0.461 e. The van der Waals surface area contributed by atoms with Gasteiger partial charge in [0, 0.05) is 22.2 Å². The van der Waals surface area contributed by atoms with Gasteiger partial charge in [0.1, 0.15) is 18.1 Å². The van der Waals surface area contributed by atoms with Crippen LogP contribution in [0.15, 0.2) is 66.7 Å². The molecule has 0 aliphatic heterocycles. The van der Waals surface area contributed by atoms with E-state index in [9.17, 15) is 27.2 Å². The van der Waals surface area contributed by atoms with Crippen LogP contribution in [0, 0.1) is 0 Å². The second-order valence-electron chi connectivity index (χ2n) is 6.96. The van der Waals surface area contributed by atoms with Gasteiger partial charge in [-0.1, -0.05) is 41.4 Å². The molecule has 3 aromatic carbocycles. The number of rotatable bonds is 8. The molecule has 3 rings (SSSR count). The minimum absolute atomic E-state index is 0.154. The quantitative estimate of drug-likeness (QED) is 0.281. The highest BCUT2D eigenvalue weighted by Gasteiger charge is 2.44. The first-order valence-electron chi connectivity index (χ1n) is 9.77. The number of halogens is 6. The highest BCUT2D eigenvalue weighted by atomic mass is 35.5. The maximum Gasteiger partial charge on any atom is 0.461 e. The summed E-state index contributed by atoms with van der Waals surface area (Å²) in [5.41, 5.74) is 4.98. The Balaban J connectivity index is 1.54. The Hall–Kier alpha value is -3.50. The number of hydrogen-bond donors (Lipinski definition) is 2. The molecule has 6 nitrogen and oxygen atoms in total. The van der Waals surface area contributed by atoms with Crippen molar-refractivity contribution in [1.82, 2.24) is 10.9 Å². The van der Waals surface area contributed by atoms with Gasteiger partial charge in [-0.05, 0) is 48.0 Å². The maximum absolute atomic E-state index is 13.1. The Morgan fingerprint density at radius 2 is 1.54 bits per heavy atom. The third-order valence-corrected chi connectivity index (χ3v) is 4.94. The molecule has 0 unspecified atom stereocenters. The molecular formula is C23H16Cl2F4N2O4. The summed E-state index contributed by atoms with van der Waals surface area (Å²) in [7, 11) is 0. The minimum atomic E-state index is -4.72. The molecule has 0 aromatic heterocycles. The van der Waals surface area contributed by atoms with Crippen LogP contribution < -0.4 is 20.3 Å². The first kappa shape index (κ1) is 26.1. The van der Waals surface area contributed by atoms with Gasteiger partial charge in [-0.3, -0.25) is 20.4 Å². The summed E-state index contributed by atoms with van der Waals surface area (Å²) in [5.74, 6) is -1.80. The summed E-state index contributed by atoms with van der Waals surface area (Å²) in [5, 5.41) is 0.852. The van der Waals surface area contributed by atoms with Gasteiger partial charge in [0.2, 0.25) is 0 Å². The molecule has 0 aliphatic carbocycles. The Kier molecular flexibility index (Phi) is 8.42. The SMILES string of the molecule is O=C(NNC(=O)c1cccc(OC(F)(F)C(F)F)c1)c1ccc(COc2cc(Cl)ccc2Cl)cc1. The lowest BCUT2D eigenvalue weighted by Crippen LogP contribution is -2.41. The lowest BCUT2D eigenvalue weighted by Gasteiger charge is -2.17. The van der Waals surface area contributed by atoms with Gasteiger partial charge in [-0.2, -0.15) is 17.6 Å². The van der Waals surface area contributed by atoms with E-state index >= 15 is 0 Å². The van der Waals surface area contributed by atoms with Gasteiger partial charge < -0.3 is 9.47 Å². The number of carbonyl (C=O) groups is 2. The molecule has 184 valence electrons. The van der Waals surface area contributed by atoms with Crippen LogP contribution >= 0.6 is 23.2 Å². The number of hydrogen-bond acceptors (Lipinski definition) is 4. The average Bonchev–Trinajstić information content (AvgIpc) is 2.83. The van der Waals surface area contributed by atoms with Crippen molar-refractivity contribution in [2.45, 2.75) is 19.1 Å². The topological polar surface area (TPSA) is 76.7 Å². The fraction of sp³-hybridized carbons (Fsp3) is 0.130. The third-order valence-electron chi connectivity index (χ3n) is 4.40. The molecule has 0 saturated heterocycles. The molecule has 35 heavy (non-hydrogen) atoms. The molecule has 0 aliphatic rings. The second-order valence-corrected chi connectivity index (χ2v) is 7.80. The van der Waals surface area contributed by atoms with E-state index in [1.165, 1.54) is 18.2 Å². The molecule has 0 heterocycles. The van der Waals surface area contributed by atoms with Crippen molar-refractivity contribution in [2.24, 2.45) is 0 Å². The summed E-state index contributed by atoms with van der Waals surface area (Å²) in [6.07, 6.45) is -8.77. The van der Waals surface area contributed by atoms with Gasteiger partial charge in [0.05, 0.1) is 5.02 Å². The number of hydrazine groups is 1. The summed E-state index contributed by atoms with van der Waals surface area (Å²) < 4.78 is 60.2. The molecule has 3 aromatic rings. The number of benzene rings is 3. The number of alkyl halides is 4. The van der Waals surface area contributed by atoms with E-state index in [0.717, 1.165) is 23.8 Å². The predicted molar refractivity (Wildman–Crippen MR) is 120 cm³/mol. The van der Waals surface area contributed by atoms with E-state index in [-0.39, 0.29) is 17.7 Å². The fourth-order valence-corrected chi connectivity index (χ4v) is 3.00. The number of nitrogens with one attached hydrogen (secondary N) is 2. The zero-order chi connectivity index (χ0) is 25.6. The molecule has 2 N–H and O–H groups in total. The van der Waals surface area contributed by atoms with Crippen LogP contribution in [0.25, 0.3) is 0 Å². The monoisotopic (exact) mass is 530 g/mol. The van der Waals surface area contributed by atoms with Gasteiger partial charge in [-0.15, -0.1) is 0 Å². The highest BCUT2D eigenvalue weighted by Crippen LogP contribution is 2.29. The van der Waals surface area contributed by atoms with Crippen LogP contribution in [0.2, 0.25) is 10.0 Å². The van der Waals surface area contributed by atoms with E-state index in [4.69, 9.17) is 27.9 Å². The van der Waals surface area contributed by atoms with Gasteiger partial charge >= 0.3 is 12.5 Å². The third kappa shape index (κ3) is 7.24. The van der Waals surface area contributed by atoms with Crippen LogP contribution in [-0.2, 0) is 6.61 Å². The maximum atomic E-state index is 13.1. The Labute approximate surface area is 206 Å². The van der Waals surface area contributed by atoms with Crippen molar-refractivity contribution in [3.8, 4) is 11.5 Å². The minimum Gasteiger partial charge on any atom is -0.487 e. The summed E-state index contributed by atoms with van der Waals surface area (Å²) in [6.45, 7) is 0.154. The normalized spacial score (nSPS) is 11.2. The summed E-state index contributed by atoms with van der Waals surface area (Å²) in [6, 6.07) is 15.2. The summed E-state index contributed by atoms with van der Waals surface area (Å²) in [4.78, 5) is 24.5. The lowest BCUT2D eigenvalue weighted by molar-refractivity contribution is -0.253. The lowest BCUT2D eigenvalue weighted by atomic mass is 10.1.